The number of benzene rings is 1. The van der Waals surface area contributed by atoms with Crippen LogP contribution < -0.4 is 5.32 Å². The van der Waals surface area contributed by atoms with Gasteiger partial charge in [-0.1, -0.05) is 24.3 Å². The molecule has 1 aromatic rings. The fraction of sp³-hybridized carbons (Fsp3) is 0.571. The van der Waals surface area contributed by atoms with E-state index in [0.717, 1.165) is 37.8 Å². The molecule has 1 unspecified atom stereocenters. The van der Waals surface area contributed by atoms with Crippen molar-refractivity contribution in [1.82, 2.24) is 5.32 Å². The van der Waals surface area contributed by atoms with Crippen LogP contribution in [0.3, 0.4) is 0 Å². The lowest BCUT2D eigenvalue weighted by atomic mass is 10.1. The third-order valence-electron chi connectivity index (χ3n) is 3.29. The molecule has 0 spiro atoms. The van der Waals surface area contributed by atoms with Crippen molar-refractivity contribution in [2.75, 3.05) is 19.8 Å². The van der Waals surface area contributed by atoms with Crippen molar-refractivity contribution in [3.05, 3.63) is 35.4 Å². The average molecular weight is 235 g/mol. The molecule has 0 saturated carbocycles. The van der Waals surface area contributed by atoms with Crippen molar-refractivity contribution in [2.24, 2.45) is 5.92 Å². The van der Waals surface area contributed by atoms with Gasteiger partial charge in [0.15, 0.2) is 0 Å². The summed E-state index contributed by atoms with van der Waals surface area (Å²) < 4.78 is 5.35. The van der Waals surface area contributed by atoms with Crippen LogP contribution in [0.5, 0.6) is 0 Å². The van der Waals surface area contributed by atoms with E-state index in [-0.39, 0.29) is 6.61 Å². The molecule has 0 aliphatic carbocycles. The zero-order valence-corrected chi connectivity index (χ0v) is 10.2. The van der Waals surface area contributed by atoms with Gasteiger partial charge in [0.05, 0.1) is 6.61 Å². The summed E-state index contributed by atoms with van der Waals surface area (Å²) in [5.74, 6) is 0.749. The fourth-order valence-corrected chi connectivity index (χ4v) is 2.11. The van der Waals surface area contributed by atoms with Crippen LogP contribution in [0.4, 0.5) is 0 Å². The second-order valence-electron chi connectivity index (χ2n) is 4.67. The van der Waals surface area contributed by atoms with E-state index < -0.39 is 0 Å². The molecule has 0 bridgehead atoms. The highest BCUT2D eigenvalue weighted by molar-refractivity contribution is 5.21. The molecule has 1 saturated heterocycles. The van der Waals surface area contributed by atoms with E-state index in [0.29, 0.717) is 0 Å². The van der Waals surface area contributed by atoms with Gasteiger partial charge in [0.25, 0.3) is 0 Å². The van der Waals surface area contributed by atoms with Crippen LogP contribution in [0, 0.1) is 5.92 Å². The van der Waals surface area contributed by atoms with Gasteiger partial charge in [-0.05, 0) is 36.4 Å². The number of hydrogen-bond donors (Lipinski definition) is 2. The van der Waals surface area contributed by atoms with E-state index in [2.05, 4.69) is 17.4 Å². The fourth-order valence-electron chi connectivity index (χ4n) is 2.11. The smallest absolute Gasteiger partial charge is 0.0681 e. The zero-order valence-electron chi connectivity index (χ0n) is 10.2. The normalized spacial score (nSPS) is 19.7. The molecule has 17 heavy (non-hydrogen) atoms. The summed E-state index contributed by atoms with van der Waals surface area (Å²) in [5, 5.41) is 12.4. The quantitative estimate of drug-likeness (QED) is 0.737. The van der Waals surface area contributed by atoms with Crippen LogP contribution in [0.2, 0.25) is 0 Å². The van der Waals surface area contributed by atoms with Crippen molar-refractivity contribution in [2.45, 2.75) is 26.0 Å². The highest BCUT2D eigenvalue weighted by atomic mass is 16.5. The number of hydrogen-bond acceptors (Lipinski definition) is 3. The van der Waals surface area contributed by atoms with E-state index >= 15 is 0 Å². The van der Waals surface area contributed by atoms with Crippen LogP contribution in [0.25, 0.3) is 0 Å². The molecule has 0 aromatic heterocycles. The van der Waals surface area contributed by atoms with Gasteiger partial charge in [-0.3, -0.25) is 0 Å². The van der Waals surface area contributed by atoms with E-state index in [1.165, 1.54) is 18.4 Å². The predicted molar refractivity (Wildman–Crippen MR) is 67.6 cm³/mol. The molecule has 1 aliphatic heterocycles. The molecule has 3 nitrogen and oxygen atoms in total. The Morgan fingerprint density at radius 1 is 1.24 bits per heavy atom. The van der Waals surface area contributed by atoms with Crippen LogP contribution in [0.1, 0.15) is 24.0 Å². The third kappa shape index (κ3) is 4.11. The highest BCUT2D eigenvalue weighted by Crippen LogP contribution is 2.15. The van der Waals surface area contributed by atoms with E-state index in [4.69, 9.17) is 9.84 Å². The molecule has 3 heteroatoms. The highest BCUT2D eigenvalue weighted by Gasteiger charge is 2.14. The second-order valence-corrected chi connectivity index (χ2v) is 4.67. The Kier molecular flexibility index (Phi) is 4.98. The standard InChI is InChI=1S/C14H21NO2/c16-10-13-3-1-12(2-4-13)9-15-7-5-14-6-8-17-11-14/h1-4,14-16H,5-11H2. The molecule has 2 N–H and O–H groups in total. The Morgan fingerprint density at radius 3 is 2.65 bits per heavy atom. The lowest BCUT2D eigenvalue weighted by Gasteiger charge is -2.09. The van der Waals surface area contributed by atoms with Crippen molar-refractivity contribution in [3.63, 3.8) is 0 Å². The van der Waals surface area contributed by atoms with Gasteiger partial charge < -0.3 is 15.2 Å². The summed E-state index contributed by atoms with van der Waals surface area (Å²) in [7, 11) is 0. The van der Waals surface area contributed by atoms with E-state index in [9.17, 15) is 0 Å². The molecule has 0 radical (unpaired) electrons. The van der Waals surface area contributed by atoms with Crippen molar-refractivity contribution < 1.29 is 9.84 Å². The number of ether oxygens (including phenoxy) is 1. The first-order valence-corrected chi connectivity index (χ1v) is 6.35. The summed E-state index contributed by atoms with van der Waals surface area (Å²) in [6.07, 6.45) is 2.42. The Labute approximate surface area is 103 Å². The molecule has 94 valence electrons. The number of aliphatic hydroxyl groups is 1. The van der Waals surface area contributed by atoms with E-state index in [1.807, 2.05) is 12.1 Å². The van der Waals surface area contributed by atoms with Gasteiger partial charge in [0, 0.05) is 19.8 Å². The first-order chi connectivity index (χ1) is 8.38. The molecule has 1 atom stereocenters. The Morgan fingerprint density at radius 2 is 2.00 bits per heavy atom. The van der Waals surface area contributed by atoms with Crippen molar-refractivity contribution >= 4 is 0 Å². The maximum absolute atomic E-state index is 8.94. The summed E-state index contributed by atoms with van der Waals surface area (Å²) in [4.78, 5) is 0. The molecular weight excluding hydrogens is 214 g/mol. The SMILES string of the molecule is OCc1ccc(CNCCC2CCOC2)cc1. The first-order valence-electron chi connectivity index (χ1n) is 6.35. The lowest BCUT2D eigenvalue weighted by molar-refractivity contribution is 0.184. The largest absolute Gasteiger partial charge is 0.392 e. The van der Waals surface area contributed by atoms with Crippen LogP contribution in [-0.2, 0) is 17.9 Å². The minimum Gasteiger partial charge on any atom is -0.392 e. The predicted octanol–water partition coefficient (Wildman–Crippen LogP) is 1.70. The van der Waals surface area contributed by atoms with Gasteiger partial charge in [-0.2, -0.15) is 0 Å². The lowest BCUT2D eigenvalue weighted by Crippen LogP contribution is -2.18. The molecular formula is C14H21NO2. The molecule has 0 amide bonds. The Bertz CT molecular complexity index is 317. The molecule has 1 aliphatic rings. The topological polar surface area (TPSA) is 41.5 Å². The minimum atomic E-state index is 0.120. The van der Waals surface area contributed by atoms with Gasteiger partial charge in [-0.15, -0.1) is 0 Å². The van der Waals surface area contributed by atoms with Crippen LogP contribution in [-0.4, -0.2) is 24.9 Å². The Hall–Kier alpha value is -0.900. The number of rotatable bonds is 6. The summed E-state index contributed by atoms with van der Waals surface area (Å²) in [6.45, 7) is 3.95. The van der Waals surface area contributed by atoms with Crippen LogP contribution in [0.15, 0.2) is 24.3 Å². The van der Waals surface area contributed by atoms with Gasteiger partial charge in [0.2, 0.25) is 0 Å². The number of nitrogens with one attached hydrogen (secondary N) is 1. The van der Waals surface area contributed by atoms with Gasteiger partial charge in [-0.25, -0.2) is 0 Å². The summed E-state index contributed by atoms with van der Waals surface area (Å²) in [5.41, 5.74) is 2.24. The third-order valence-corrected chi connectivity index (χ3v) is 3.29. The first kappa shape index (κ1) is 12.6. The van der Waals surface area contributed by atoms with Crippen molar-refractivity contribution in [1.29, 1.82) is 0 Å². The summed E-state index contributed by atoms with van der Waals surface area (Å²) >= 11 is 0. The van der Waals surface area contributed by atoms with Gasteiger partial charge in [0.1, 0.15) is 0 Å². The minimum absolute atomic E-state index is 0.120. The van der Waals surface area contributed by atoms with Crippen LogP contribution >= 0.6 is 0 Å². The maximum atomic E-state index is 8.94. The van der Waals surface area contributed by atoms with Gasteiger partial charge >= 0.3 is 0 Å². The van der Waals surface area contributed by atoms with E-state index in [1.54, 1.807) is 0 Å². The average Bonchev–Trinajstić information content (AvgIpc) is 2.88. The molecule has 1 heterocycles. The van der Waals surface area contributed by atoms with Crippen molar-refractivity contribution in [3.8, 4) is 0 Å². The zero-order chi connectivity index (χ0) is 11.9. The molecule has 1 fully saturated rings. The monoisotopic (exact) mass is 235 g/mol. The molecule has 2 rings (SSSR count). The summed E-state index contributed by atoms with van der Waals surface area (Å²) in [6, 6.07) is 8.08. The Balaban J connectivity index is 1.63. The molecule has 1 aromatic carbocycles. The second kappa shape index (κ2) is 6.74. The number of aliphatic hydroxyl groups excluding tert-OH is 1. The maximum Gasteiger partial charge on any atom is 0.0681 e.